The molecule has 3 rings (SSSR count). The van der Waals surface area contributed by atoms with E-state index in [4.69, 9.17) is 27.4 Å². The second kappa shape index (κ2) is 7.29. The highest BCUT2D eigenvalue weighted by Crippen LogP contribution is 2.31. The molecule has 0 spiro atoms. The quantitative estimate of drug-likeness (QED) is 0.472. The Bertz CT molecular complexity index is 919. The summed E-state index contributed by atoms with van der Waals surface area (Å²) in [5.41, 5.74) is 7.38. The summed E-state index contributed by atoms with van der Waals surface area (Å²) >= 11 is 6.19. The minimum atomic E-state index is -1.03. The van der Waals surface area contributed by atoms with Crippen molar-refractivity contribution in [2.24, 2.45) is 5.34 Å². The predicted octanol–water partition coefficient (Wildman–Crippen LogP) is 2.77. The van der Waals surface area contributed by atoms with Crippen LogP contribution in [0.3, 0.4) is 0 Å². The van der Waals surface area contributed by atoms with E-state index in [0.717, 1.165) is 0 Å². The van der Waals surface area contributed by atoms with Crippen molar-refractivity contribution in [2.45, 2.75) is 0 Å². The SMILES string of the molecule is Nc1cc2cc(-c3cnccc3C(=O)O)cc(Cl)c2nn1.O=NO. The van der Waals surface area contributed by atoms with Crippen LogP contribution in [0.15, 0.2) is 42.0 Å². The van der Waals surface area contributed by atoms with Crippen LogP contribution in [-0.4, -0.2) is 31.5 Å². The predicted molar refractivity (Wildman–Crippen MR) is 86.7 cm³/mol. The molecule has 0 fully saturated rings. The van der Waals surface area contributed by atoms with Gasteiger partial charge in [-0.25, -0.2) is 4.79 Å². The summed E-state index contributed by atoms with van der Waals surface area (Å²) in [6.07, 6.45) is 2.91. The summed E-state index contributed by atoms with van der Waals surface area (Å²) in [6, 6.07) is 6.47. The fraction of sp³-hybridized carbons (Fsp3) is 0. The number of rotatable bonds is 2. The molecule has 122 valence electrons. The van der Waals surface area contributed by atoms with Crippen molar-refractivity contribution in [3.8, 4) is 11.1 Å². The zero-order valence-electron chi connectivity index (χ0n) is 11.9. The van der Waals surface area contributed by atoms with Gasteiger partial charge >= 0.3 is 5.97 Å². The average Bonchev–Trinajstić information content (AvgIpc) is 2.55. The lowest BCUT2D eigenvalue weighted by Crippen LogP contribution is -2.00. The van der Waals surface area contributed by atoms with Crippen LogP contribution in [0.4, 0.5) is 5.82 Å². The number of hydrogen-bond acceptors (Lipinski definition) is 7. The van der Waals surface area contributed by atoms with Crippen molar-refractivity contribution < 1.29 is 15.1 Å². The Labute approximate surface area is 139 Å². The van der Waals surface area contributed by atoms with Gasteiger partial charge in [0.25, 0.3) is 0 Å². The van der Waals surface area contributed by atoms with Gasteiger partial charge in [-0.1, -0.05) is 11.6 Å². The normalized spacial score (nSPS) is 9.88. The second-order valence-electron chi connectivity index (χ2n) is 4.47. The molecule has 0 bridgehead atoms. The van der Waals surface area contributed by atoms with Crippen LogP contribution in [0.25, 0.3) is 22.0 Å². The molecular weight excluding hydrogens is 338 g/mol. The monoisotopic (exact) mass is 347 g/mol. The molecule has 0 unspecified atom stereocenters. The standard InChI is InChI=1S/C14H9ClN4O2.HNO2/c15-11-4-7(3-8-5-12(16)18-19-13(8)11)10-6-17-2-1-9(10)14(20)21;2-1-3/h1-6H,(H2,16,18)(H,20,21);(H,2,3). The van der Waals surface area contributed by atoms with Crippen molar-refractivity contribution in [3.05, 3.63) is 52.2 Å². The Balaban J connectivity index is 0.000000647. The molecule has 9 nitrogen and oxygen atoms in total. The zero-order valence-corrected chi connectivity index (χ0v) is 12.7. The first kappa shape index (κ1) is 17.0. The number of carboxylic acids is 1. The fourth-order valence-electron chi connectivity index (χ4n) is 2.10. The maximum Gasteiger partial charge on any atom is 0.336 e. The molecule has 3 aromatic rings. The van der Waals surface area contributed by atoms with Crippen molar-refractivity contribution in [2.75, 3.05) is 5.73 Å². The molecule has 1 aromatic carbocycles. The molecule has 0 radical (unpaired) electrons. The molecule has 0 saturated carbocycles. The molecule has 0 aliphatic carbocycles. The van der Waals surface area contributed by atoms with Gasteiger partial charge in [-0.15, -0.1) is 15.1 Å². The van der Waals surface area contributed by atoms with Crippen LogP contribution in [-0.2, 0) is 0 Å². The van der Waals surface area contributed by atoms with E-state index in [9.17, 15) is 9.90 Å². The van der Waals surface area contributed by atoms with Crippen molar-refractivity contribution >= 4 is 34.3 Å². The van der Waals surface area contributed by atoms with Gasteiger partial charge in [0.05, 0.1) is 10.6 Å². The first-order valence-electron chi connectivity index (χ1n) is 6.34. The number of halogens is 1. The minimum absolute atomic E-state index is 0.149. The summed E-state index contributed by atoms with van der Waals surface area (Å²) in [4.78, 5) is 23.4. The third-order valence-corrected chi connectivity index (χ3v) is 3.31. The number of pyridine rings is 1. The third kappa shape index (κ3) is 3.52. The fourth-order valence-corrected chi connectivity index (χ4v) is 2.36. The Morgan fingerprint density at radius 2 is 1.96 bits per heavy atom. The minimum Gasteiger partial charge on any atom is -0.478 e. The maximum absolute atomic E-state index is 11.3. The zero-order chi connectivity index (χ0) is 17.7. The lowest BCUT2D eigenvalue weighted by atomic mass is 10.0. The number of hydrogen-bond donors (Lipinski definition) is 3. The van der Waals surface area contributed by atoms with E-state index in [0.29, 0.717) is 27.1 Å². The molecule has 0 aliphatic heterocycles. The van der Waals surface area contributed by atoms with Gasteiger partial charge in [0, 0.05) is 23.3 Å². The molecule has 0 amide bonds. The Morgan fingerprint density at radius 1 is 1.25 bits per heavy atom. The van der Waals surface area contributed by atoms with Crippen LogP contribution >= 0.6 is 11.6 Å². The van der Waals surface area contributed by atoms with Crippen LogP contribution in [0.1, 0.15) is 10.4 Å². The highest BCUT2D eigenvalue weighted by atomic mass is 35.5. The summed E-state index contributed by atoms with van der Waals surface area (Å²) < 4.78 is 0. The first-order valence-corrected chi connectivity index (χ1v) is 6.72. The number of anilines is 1. The van der Waals surface area contributed by atoms with Crippen LogP contribution in [0.5, 0.6) is 0 Å². The molecule has 10 heteroatoms. The summed E-state index contributed by atoms with van der Waals surface area (Å²) in [5, 5.41) is 25.9. The summed E-state index contributed by atoms with van der Waals surface area (Å²) in [5.74, 6) is -0.767. The van der Waals surface area contributed by atoms with Gasteiger partial charge in [0.1, 0.15) is 11.3 Å². The Hall–Kier alpha value is -3.33. The smallest absolute Gasteiger partial charge is 0.336 e. The largest absolute Gasteiger partial charge is 0.478 e. The van der Waals surface area contributed by atoms with E-state index in [1.54, 1.807) is 18.2 Å². The number of aromatic nitrogens is 3. The number of fused-ring (bicyclic) bond motifs is 1. The molecule has 24 heavy (non-hydrogen) atoms. The lowest BCUT2D eigenvalue weighted by Gasteiger charge is -2.08. The number of nitrogens with zero attached hydrogens (tertiary/aromatic N) is 4. The van der Waals surface area contributed by atoms with Crippen LogP contribution in [0.2, 0.25) is 5.02 Å². The number of aromatic carboxylic acids is 1. The van der Waals surface area contributed by atoms with E-state index >= 15 is 0 Å². The van der Waals surface area contributed by atoms with Crippen LogP contribution in [0, 0.1) is 4.91 Å². The molecule has 0 aliphatic rings. The van der Waals surface area contributed by atoms with E-state index in [-0.39, 0.29) is 11.4 Å². The van der Waals surface area contributed by atoms with Gasteiger partial charge in [-0.05, 0) is 29.8 Å². The Kier molecular flexibility index (Phi) is 5.17. The van der Waals surface area contributed by atoms with Crippen molar-refractivity contribution in [1.82, 2.24) is 15.2 Å². The van der Waals surface area contributed by atoms with Gasteiger partial charge in [0.15, 0.2) is 5.34 Å². The van der Waals surface area contributed by atoms with E-state index in [1.807, 2.05) is 0 Å². The van der Waals surface area contributed by atoms with Crippen LogP contribution < -0.4 is 5.73 Å². The van der Waals surface area contributed by atoms with Crippen molar-refractivity contribution in [1.29, 1.82) is 0 Å². The number of nitrogen functional groups attached to an aromatic ring is 1. The van der Waals surface area contributed by atoms with Crippen molar-refractivity contribution in [3.63, 3.8) is 0 Å². The topological polar surface area (TPSA) is 152 Å². The van der Waals surface area contributed by atoms with Gasteiger partial charge in [0.2, 0.25) is 0 Å². The number of carbonyl (C=O) groups is 1. The molecule has 2 heterocycles. The third-order valence-electron chi connectivity index (χ3n) is 3.02. The lowest BCUT2D eigenvalue weighted by molar-refractivity contribution is 0.0697. The summed E-state index contributed by atoms with van der Waals surface area (Å²) in [6.45, 7) is 0. The second-order valence-corrected chi connectivity index (χ2v) is 4.88. The molecular formula is C14H10ClN5O4. The number of nitrogens with two attached hydrogens (primary N) is 1. The number of carboxylic acid groups (broad SMARTS) is 1. The highest BCUT2D eigenvalue weighted by molar-refractivity contribution is 6.35. The number of benzene rings is 1. The molecule has 4 N–H and O–H groups in total. The maximum atomic E-state index is 11.3. The van der Waals surface area contributed by atoms with Gasteiger partial charge in [-0.3, -0.25) is 4.98 Å². The average molecular weight is 348 g/mol. The van der Waals surface area contributed by atoms with E-state index < -0.39 is 5.97 Å². The highest BCUT2D eigenvalue weighted by Gasteiger charge is 2.14. The Morgan fingerprint density at radius 3 is 2.62 bits per heavy atom. The van der Waals surface area contributed by atoms with E-state index in [2.05, 4.69) is 15.2 Å². The first-order chi connectivity index (χ1) is 11.5. The summed E-state index contributed by atoms with van der Waals surface area (Å²) in [7, 11) is 0. The van der Waals surface area contributed by atoms with Gasteiger partial charge in [-0.2, -0.15) is 0 Å². The van der Waals surface area contributed by atoms with Gasteiger partial charge < -0.3 is 16.0 Å². The molecule has 0 saturated heterocycles. The van der Waals surface area contributed by atoms with E-state index in [1.165, 1.54) is 23.8 Å². The molecule has 0 atom stereocenters. The molecule has 2 aromatic heterocycles.